The van der Waals surface area contributed by atoms with Crippen molar-refractivity contribution >= 4 is 17.6 Å². The third-order valence-corrected chi connectivity index (χ3v) is 3.03. The molecule has 7 nitrogen and oxygen atoms in total. The minimum absolute atomic E-state index is 0.271. The van der Waals surface area contributed by atoms with Crippen molar-refractivity contribution in [2.24, 2.45) is 0 Å². The van der Waals surface area contributed by atoms with Gasteiger partial charge in [-0.15, -0.1) is 26.6 Å². The van der Waals surface area contributed by atoms with Crippen LogP contribution in [0.3, 0.4) is 0 Å². The lowest BCUT2D eigenvalue weighted by molar-refractivity contribution is 0.111. The van der Waals surface area contributed by atoms with E-state index >= 15 is 0 Å². The summed E-state index contributed by atoms with van der Waals surface area (Å²) in [5.74, 6) is 0.900. The summed E-state index contributed by atoms with van der Waals surface area (Å²) in [5, 5.41) is 17.2. The molecule has 0 amide bonds. The predicted octanol–water partition coefficient (Wildman–Crippen LogP) is 1.25. The lowest BCUT2D eigenvalue weighted by Gasteiger charge is -1.92. The Bertz CT molecular complexity index is 657. The first-order chi connectivity index (χ1) is 8.85. The zero-order valence-corrected chi connectivity index (χ0v) is 9.87. The van der Waals surface area contributed by atoms with Gasteiger partial charge in [-0.05, 0) is 11.4 Å². The molecule has 90 valence electrons. The maximum atomic E-state index is 10.5. The first kappa shape index (κ1) is 10.8. The number of aldehydes is 1. The van der Waals surface area contributed by atoms with Gasteiger partial charge in [-0.1, -0.05) is 11.3 Å². The van der Waals surface area contributed by atoms with Gasteiger partial charge in [0.1, 0.15) is 12.2 Å². The third-order valence-electron chi connectivity index (χ3n) is 2.17. The number of thiophene rings is 1. The van der Waals surface area contributed by atoms with Gasteiger partial charge in [0, 0.05) is 0 Å². The van der Waals surface area contributed by atoms with Crippen LogP contribution in [0.1, 0.15) is 16.4 Å². The van der Waals surface area contributed by atoms with Crippen molar-refractivity contribution in [3.05, 3.63) is 35.3 Å². The minimum Gasteiger partial charge on any atom is -0.418 e. The Kier molecular flexibility index (Phi) is 2.69. The fourth-order valence-corrected chi connectivity index (χ4v) is 2.04. The highest BCUT2D eigenvalue weighted by atomic mass is 32.1. The lowest BCUT2D eigenvalue weighted by atomic mass is 10.5. The van der Waals surface area contributed by atoms with Crippen LogP contribution >= 0.6 is 11.3 Å². The normalized spacial score (nSPS) is 10.7. The van der Waals surface area contributed by atoms with Crippen molar-refractivity contribution in [2.75, 3.05) is 0 Å². The van der Waals surface area contributed by atoms with E-state index in [1.165, 1.54) is 22.2 Å². The Balaban J connectivity index is 1.79. The highest BCUT2D eigenvalue weighted by Gasteiger charge is 2.10. The van der Waals surface area contributed by atoms with Crippen LogP contribution in [0.5, 0.6) is 0 Å². The average Bonchev–Trinajstić information content (AvgIpc) is 3.10. The summed E-state index contributed by atoms with van der Waals surface area (Å²) in [6, 6.07) is 3.82. The molecule has 0 N–H and O–H groups in total. The van der Waals surface area contributed by atoms with E-state index in [9.17, 15) is 4.79 Å². The summed E-state index contributed by atoms with van der Waals surface area (Å²) < 4.78 is 6.95. The van der Waals surface area contributed by atoms with E-state index in [4.69, 9.17) is 4.42 Å². The molecule has 0 fully saturated rings. The van der Waals surface area contributed by atoms with Gasteiger partial charge >= 0.3 is 0 Å². The van der Waals surface area contributed by atoms with Crippen molar-refractivity contribution < 1.29 is 9.21 Å². The molecule has 0 aliphatic carbocycles. The Morgan fingerprint density at radius 1 is 1.39 bits per heavy atom. The first-order valence-corrected chi connectivity index (χ1v) is 5.94. The van der Waals surface area contributed by atoms with Gasteiger partial charge in [-0.3, -0.25) is 4.79 Å². The third kappa shape index (κ3) is 2.05. The standard InChI is InChI=1S/C10H7N5O2S/c16-6-7-4-15(14-11-7)5-9-12-13-10(17-9)8-2-1-3-18-8/h1-4,6H,5H2. The summed E-state index contributed by atoms with van der Waals surface area (Å²) in [6.45, 7) is 0.291. The summed E-state index contributed by atoms with van der Waals surface area (Å²) in [4.78, 5) is 11.4. The van der Waals surface area contributed by atoms with Crippen LogP contribution in [0, 0.1) is 0 Å². The smallest absolute Gasteiger partial charge is 0.257 e. The number of aromatic nitrogens is 5. The molecule has 3 rings (SSSR count). The monoisotopic (exact) mass is 261 g/mol. The van der Waals surface area contributed by atoms with Crippen LogP contribution in [0.2, 0.25) is 0 Å². The molecule has 3 heterocycles. The number of hydrogen-bond donors (Lipinski definition) is 0. The topological polar surface area (TPSA) is 86.7 Å². The van der Waals surface area contributed by atoms with Gasteiger partial charge in [-0.2, -0.15) is 0 Å². The highest BCUT2D eigenvalue weighted by molar-refractivity contribution is 7.13. The van der Waals surface area contributed by atoms with E-state index in [1.807, 2.05) is 17.5 Å². The molecule has 0 aliphatic rings. The van der Waals surface area contributed by atoms with Crippen LogP contribution in [0.4, 0.5) is 0 Å². The summed E-state index contributed by atoms with van der Waals surface area (Å²) in [6.07, 6.45) is 2.15. The lowest BCUT2D eigenvalue weighted by Crippen LogP contribution is -2.00. The van der Waals surface area contributed by atoms with E-state index in [0.29, 0.717) is 24.6 Å². The molecule has 0 atom stereocenters. The minimum atomic E-state index is 0.271. The second-order valence-corrected chi connectivity index (χ2v) is 4.38. The molecule has 0 saturated heterocycles. The molecule has 0 aromatic carbocycles. The van der Waals surface area contributed by atoms with E-state index in [0.717, 1.165) is 4.88 Å². The molecule has 0 unspecified atom stereocenters. The largest absolute Gasteiger partial charge is 0.418 e. The van der Waals surface area contributed by atoms with Gasteiger partial charge < -0.3 is 4.42 Å². The summed E-state index contributed by atoms with van der Waals surface area (Å²) in [5.41, 5.74) is 0.271. The molecular formula is C10H7N5O2S. The second kappa shape index (κ2) is 4.49. The first-order valence-electron chi connectivity index (χ1n) is 5.07. The van der Waals surface area contributed by atoms with Crippen LogP contribution in [0.15, 0.2) is 28.1 Å². The number of nitrogens with zero attached hydrogens (tertiary/aromatic N) is 5. The Morgan fingerprint density at radius 3 is 3.06 bits per heavy atom. The molecule has 0 aliphatic heterocycles. The SMILES string of the molecule is O=Cc1cn(Cc2nnc(-c3cccs3)o2)nn1. The van der Waals surface area contributed by atoms with E-state index < -0.39 is 0 Å². The molecule has 3 aromatic rings. The van der Waals surface area contributed by atoms with E-state index in [1.54, 1.807) is 0 Å². The van der Waals surface area contributed by atoms with Crippen molar-refractivity contribution in [2.45, 2.75) is 6.54 Å². The van der Waals surface area contributed by atoms with Crippen LogP contribution in [-0.4, -0.2) is 31.5 Å². The highest BCUT2D eigenvalue weighted by Crippen LogP contribution is 2.22. The average molecular weight is 261 g/mol. The van der Waals surface area contributed by atoms with Crippen molar-refractivity contribution in [1.29, 1.82) is 0 Å². The van der Waals surface area contributed by atoms with Gasteiger partial charge in [0.2, 0.25) is 5.89 Å². The Labute approximate surface area is 105 Å². The Morgan fingerprint density at radius 2 is 2.33 bits per heavy atom. The zero-order valence-electron chi connectivity index (χ0n) is 9.05. The molecule has 3 aromatic heterocycles. The number of rotatable bonds is 4. The maximum Gasteiger partial charge on any atom is 0.257 e. The number of carbonyl (C=O) groups excluding carboxylic acids is 1. The molecule has 0 bridgehead atoms. The molecular weight excluding hydrogens is 254 g/mol. The van der Waals surface area contributed by atoms with Crippen LogP contribution < -0.4 is 0 Å². The van der Waals surface area contributed by atoms with Crippen LogP contribution in [-0.2, 0) is 6.54 Å². The fourth-order valence-electron chi connectivity index (χ4n) is 1.40. The quantitative estimate of drug-likeness (QED) is 0.657. The molecule has 0 saturated carbocycles. The molecule has 0 spiro atoms. The van der Waals surface area contributed by atoms with E-state index in [2.05, 4.69) is 20.5 Å². The molecule has 0 radical (unpaired) electrons. The van der Waals surface area contributed by atoms with Gasteiger partial charge in [0.15, 0.2) is 6.29 Å². The summed E-state index contributed by atoms with van der Waals surface area (Å²) in [7, 11) is 0. The maximum absolute atomic E-state index is 10.5. The van der Waals surface area contributed by atoms with Gasteiger partial charge in [0.25, 0.3) is 5.89 Å². The summed E-state index contributed by atoms with van der Waals surface area (Å²) >= 11 is 1.53. The zero-order chi connectivity index (χ0) is 12.4. The number of hydrogen-bond acceptors (Lipinski definition) is 7. The molecule has 18 heavy (non-hydrogen) atoms. The predicted molar refractivity (Wildman–Crippen MR) is 62.1 cm³/mol. The van der Waals surface area contributed by atoms with Crippen molar-refractivity contribution in [1.82, 2.24) is 25.2 Å². The van der Waals surface area contributed by atoms with Gasteiger partial charge in [-0.25, -0.2) is 4.68 Å². The van der Waals surface area contributed by atoms with Crippen molar-refractivity contribution in [3.63, 3.8) is 0 Å². The molecule has 8 heteroatoms. The fraction of sp³-hybridized carbons (Fsp3) is 0.100. The van der Waals surface area contributed by atoms with Crippen LogP contribution in [0.25, 0.3) is 10.8 Å². The number of carbonyl (C=O) groups is 1. The van der Waals surface area contributed by atoms with E-state index in [-0.39, 0.29) is 5.69 Å². The Hall–Kier alpha value is -2.35. The van der Waals surface area contributed by atoms with Crippen molar-refractivity contribution in [3.8, 4) is 10.8 Å². The van der Waals surface area contributed by atoms with Gasteiger partial charge in [0.05, 0.1) is 11.1 Å². The second-order valence-electron chi connectivity index (χ2n) is 3.44.